The second-order valence-corrected chi connectivity index (χ2v) is 7.20. The fourth-order valence-electron chi connectivity index (χ4n) is 3.28. The minimum absolute atomic E-state index is 0.139. The molecule has 1 fully saturated rings. The van der Waals surface area contributed by atoms with Crippen LogP contribution in [0.2, 0.25) is 5.02 Å². The summed E-state index contributed by atoms with van der Waals surface area (Å²) in [5.41, 5.74) is 1.74. The molecule has 1 heterocycles. The molecule has 0 radical (unpaired) electrons. The zero-order valence-corrected chi connectivity index (χ0v) is 15.1. The van der Waals surface area contributed by atoms with Crippen LogP contribution in [0.15, 0.2) is 48.5 Å². The minimum atomic E-state index is -4.40. The quantitative estimate of drug-likeness (QED) is 0.679. The lowest BCUT2D eigenvalue weighted by atomic mass is 9.98. The van der Waals surface area contributed by atoms with Crippen LogP contribution in [0, 0.1) is 5.92 Å². The fraction of sp³-hybridized carbons (Fsp3) is 0.400. The van der Waals surface area contributed by atoms with Crippen LogP contribution in [0.4, 0.5) is 18.9 Å². The van der Waals surface area contributed by atoms with Gasteiger partial charge in [0.25, 0.3) is 0 Å². The summed E-state index contributed by atoms with van der Waals surface area (Å²) in [6.45, 7) is 2.14. The third-order valence-electron chi connectivity index (χ3n) is 4.80. The van der Waals surface area contributed by atoms with Crippen molar-refractivity contribution < 1.29 is 13.2 Å². The number of hydrogen-bond donors (Lipinski definition) is 2. The van der Waals surface area contributed by atoms with Gasteiger partial charge >= 0.3 is 6.18 Å². The molecule has 6 heteroatoms. The second-order valence-electron chi connectivity index (χ2n) is 6.76. The zero-order valence-electron chi connectivity index (χ0n) is 14.3. The van der Waals surface area contributed by atoms with Crippen LogP contribution in [0.1, 0.15) is 30.0 Å². The molecule has 140 valence electrons. The van der Waals surface area contributed by atoms with Crippen molar-refractivity contribution in [2.75, 3.05) is 18.4 Å². The standard InChI is InChI=1S/C20H22ClF3N2/c21-17-7-5-16(6-8-17)19(20(22,23)24)26-18-9-3-14(4-10-18)1-2-15-11-12-25-13-15/h3-10,15,19,25-26H,1-2,11-13H2/t15-,19-/m1/s1. The Labute approximate surface area is 156 Å². The topological polar surface area (TPSA) is 24.1 Å². The highest BCUT2D eigenvalue weighted by Crippen LogP contribution is 2.36. The number of benzene rings is 2. The van der Waals surface area contributed by atoms with Gasteiger partial charge in [-0.1, -0.05) is 35.9 Å². The van der Waals surface area contributed by atoms with Crippen LogP contribution in [0.5, 0.6) is 0 Å². The molecule has 0 aromatic heterocycles. The molecule has 0 aliphatic carbocycles. The van der Waals surface area contributed by atoms with Crippen LogP contribution in [0.25, 0.3) is 0 Å². The summed E-state index contributed by atoms with van der Waals surface area (Å²) >= 11 is 5.78. The summed E-state index contributed by atoms with van der Waals surface area (Å²) in [5, 5.41) is 6.36. The molecule has 0 unspecified atom stereocenters. The number of rotatable bonds is 6. The summed E-state index contributed by atoms with van der Waals surface area (Å²) in [6.07, 6.45) is -1.14. The molecular formula is C20H22ClF3N2. The number of halogens is 4. The van der Waals surface area contributed by atoms with Crippen LogP contribution in [-0.4, -0.2) is 19.3 Å². The maximum atomic E-state index is 13.5. The molecule has 1 aliphatic heterocycles. The first-order valence-corrected chi connectivity index (χ1v) is 9.18. The van der Waals surface area contributed by atoms with E-state index in [-0.39, 0.29) is 5.56 Å². The Kier molecular flexibility index (Phi) is 6.09. The normalized spacial score (nSPS) is 18.7. The molecule has 2 atom stereocenters. The Morgan fingerprint density at radius 2 is 1.77 bits per heavy atom. The number of alkyl halides is 3. The van der Waals surface area contributed by atoms with Crippen molar-refractivity contribution in [1.29, 1.82) is 0 Å². The summed E-state index contributed by atoms with van der Waals surface area (Å²) in [6, 6.07) is 11.2. The number of anilines is 1. The van der Waals surface area contributed by atoms with E-state index >= 15 is 0 Å². The predicted molar refractivity (Wildman–Crippen MR) is 99.6 cm³/mol. The minimum Gasteiger partial charge on any atom is -0.370 e. The summed E-state index contributed by atoms with van der Waals surface area (Å²) in [4.78, 5) is 0. The first kappa shape index (κ1) is 19.1. The highest BCUT2D eigenvalue weighted by atomic mass is 35.5. The van der Waals surface area contributed by atoms with Crippen LogP contribution in [-0.2, 0) is 6.42 Å². The van der Waals surface area contributed by atoms with Gasteiger partial charge in [0.05, 0.1) is 0 Å². The van der Waals surface area contributed by atoms with Gasteiger partial charge in [0.2, 0.25) is 0 Å². The van der Waals surface area contributed by atoms with Crippen molar-refractivity contribution in [3.8, 4) is 0 Å². The van der Waals surface area contributed by atoms with E-state index in [4.69, 9.17) is 11.6 Å². The molecule has 2 aromatic carbocycles. The SMILES string of the molecule is FC(F)(F)[C@H](Nc1ccc(CC[C@@H]2CCNC2)cc1)c1ccc(Cl)cc1. The van der Waals surface area contributed by atoms with Gasteiger partial charge in [-0.25, -0.2) is 0 Å². The molecule has 3 rings (SSSR count). The highest BCUT2D eigenvalue weighted by molar-refractivity contribution is 6.30. The maximum absolute atomic E-state index is 13.5. The van der Waals surface area contributed by atoms with E-state index in [1.54, 1.807) is 12.1 Å². The molecule has 0 spiro atoms. The van der Waals surface area contributed by atoms with Crippen molar-refractivity contribution >= 4 is 17.3 Å². The van der Waals surface area contributed by atoms with Gasteiger partial charge in [-0.2, -0.15) is 13.2 Å². The number of nitrogens with one attached hydrogen (secondary N) is 2. The average molecular weight is 383 g/mol. The first-order valence-electron chi connectivity index (χ1n) is 8.80. The molecule has 0 saturated carbocycles. The molecule has 1 saturated heterocycles. The third-order valence-corrected chi connectivity index (χ3v) is 5.05. The van der Waals surface area contributed by atoms with Gasteiger partial charge in [-0.3, -0.25) is 0 Å². The Morgan fingerprint density at radius 3 is 2.35 bits per heavy atom. The van der Waals surface area contributed by atoms with Crippen molar-refractivity contribution in [1.82, 2.24) is 5.32 Å². The summed E-state index contributed by atoms with van der Waals surface area (Å²) < 4.78 is 40.4. The van der Waals surface area contributed by atoms with Crippen molar-refractivity contribution in [2.45, 2.75) is 31.5 Å². The largest absolute Gasteiger partial charge is 0.412 e. The van der Waals surface area contributed by atoms with Gasteiger partial charge in [0.15, 0.2) is 0 Å². The smallest absolute Gasteiger partial charge is 0.370 e. The van der Waals surface area contributed by atoms with E-state index in [0.29, 0.717) is 16.6 Å². The van der Waals surface area contributed by atoms with E-state index in [0.717, 1.165) is 31.5 Å². The van der Waals surface area contributed by atoms with Gasteiger partial charge in [-0.15, -0.1) is 0 Å². The molecule has 2 N–H and O–H groups in total. The van der Waals surface area contributed by atoms with Crippen LogP contribution in [0.3, 0.4) is 0 Å². The molecule has 26 heavy (non-hydrogen) atoms. The maximum Gasteiger partial charge on any atom is 0.412 e. The van der Waals surface area contributed by atoms with Gasteiger partial charge in [-0.05, 0) is 73.7 Å². The third kappa shape index (κ3) is 5.15. The van der Waals surface area contributed by atoms with E-state index in [2.05, 4.69) is 10.6 Å². The Balaban J connectivity index is 1.65. The van der Waals surface area contributed by atoms with E-state index < -0.39 is 12.2 Å². The van der Waals surface area contributed by atoms with E-state index in [1.165, 1.54) is 30.7 Å². The molecule has 0 amide bonds. The second kappa shape index (κ2) is 8.31. The monoisotopic (exact) mass is 382 g/mol. The van der Waals surface area contributed by atoms with Crippen LogP contribution >= 0.6 is 11.6 Å². The number of aryl methyl sites for hydroxylation is 1. The molecule has 1 aliphatic rings. The predicted octanol–water partition coefficient (Wildman–Crippen LogP) is 5.60. The Morgan fingerprint density at radius 1 is 1.08 bits per heavy atom. The fourth-order valence-corrected chi connectivity index (χ4v) is 3.40. The number of hydrogen-bond acceptors (Lipinski definition) is 2. The van der Waals surface area contributed by atoms with Crippen molar-refractivity contribution in [3.63, 3.8) is 0 Å². The Bertz CT molecular complexity index is 692. The molecule has 2 aromatic rings. The lowest BCUT2D eigenvalue weighted by Gasteiger charge is -2.23. The lowest BCUT2D eigenvalue weighted by molar-refractivity contribution is -0.144. The van der Waals surface area contributed by atoms with Gasteiger partial charge < -0.3 is 10.6 Å². The van der Waals surface area contributed by atoms with Crippen molar-refractivity contribution in [2.24, 2.45) is 5.92 Å². The molecule has 0 bridgehead atoms. The molecular weight excluding hydrogens is 361 g/mol. The first-order chi connectivity index (χ1) is 12.4. The summed E-state index contributed by atoms with van der Waals surface area (Å²) in [7, 11) is 0. The van der Waals surface area contributed by atoms with Crippen molar-refractivity contribution in [3.05, 3.63) is 64.7 Å². The Hall–Kier alpha value is -1.72. The molecule has 2 nitrogen and oxygen atoms in total. The van der Waals surface area contributed by atoms with E-state index in [1.807, 2.05) is 12.1 Å². The average Bonchev–Trinajstić information content (AvgIpc) is 3.12. The lowest BCUT2D eigenvalue weighted by Crippen LogP contribution is -2.27. The van der Waals surface area contributed by atoms with E-state index in [9.17, 15) is 13.2 Å². The summed E-state index contributed by atoms with van der Waals surface area (Å²) in [5.74, 6) is 0.701. The van der Waals surface area contributed by atoms with Gasteiger partial charge in [0, 0.05) is 10.7 Å². The zero-order chi connectivity index (χ0) is 18.6. The van der Waals surface area contributed by atoms with Crippen LogP contribution < -0.4 is 10.6 Å². The highest BCUT2D eigenvalue weighted by Gasteiger charge is 2.40. The van der Waals surface area contributed by atoms with Gasteiger partial charge in [0.1, 0.15) is 6.04 Å².